The largest absolute Gasteiger partial charge is 0.395 e. The van der Waals surface area contributed by atoms with E-state index in [4.69, 9.17) is 5.11 Å². The molecule has 1 aliphatic heterocycles. The maximum Gasteiger partial charge on any atom is 0.229 e. The molecule has 1 heterocycles. The lowest BCUT2D eigenvalue weighted by molar-refractivity contribution is -0.138. The summed E-state index contributed by atoms with van der Waals surface area (Å²) in [6.45, 7) is 8.01. The van der Waals surface area contributed by atoms with Crippen molar-refractivity contribution in [1.29, 1.82) is 0 Å². The van der Waals surface area contributed by atoms with Gasteiger partial charge in [0.25, 0.3) is 0 Å². The minimum absolute atomic E-state index is 0.141. The van der Waals surface area contributed by atoms with Gasteiger partial charge in [-0.3, -0.25) is 14.5 Å². The Bertz CT molecular complexity index is 153. The van der Waals surface area contributed by atoms with Gasteiger partial charge in [0.05, 0.1) is 13.2 Å². The van der Waals surface area contributed by atoms with E-state index in [1.807, 2.05) is 27.7 Å². The third kappa shape index (κ3) is 4.97. The number of rotatable bonds is 2. The smallest absolute Gasteiger partial charge is 0.229 e. The third-order valence-corrected chi connectivity index (χ3v) is 1.48. The van der Waals surface area contributed by atoms with Crippen LogP contribution in [-0.2, 0) is 9.59 Å². The number of hydrogen-bond acceptors (Lipinski definition) is 3. The second kappa shape index (κ2) is 10.2. The second-order valence-corrected chi connectivity index (χ2v) is 2.16. The van der Waals surface area contributed by atoms with Crippen LogP contribution in [0.1, 0.15) is 40.5 Å². The highest BCUT2D eigenvalue weighted by atomic mass is 16.3. The Kier molecular flexibility index (Phi) is 11.3. The fourth-order valence-electron chi connectivity index (χ4n) is 0.972. The summed E-state index contributed by atoms with van der Waals surface area (Å²) in [5.41, 5.74) is 0. The molecule has 0 atom stereocenters. The Balaban J connectivity index is 0. The molecule has 0 aromatic heterocycles. The average Bonchev–Trinajstić information content (AvgIpc) is 2.56. The molecule has 0 aliphatic carbocycles. The van der Waals surface area contributed by atoms with Gasteiger partial charge in [0.1, 0.15) is 0 Å². The molecule has 1 fully saturated rings. The number of hydrogen-bond donors (Lipinski definition) is 1. The molecule has 14 heavy (non-hydrogen) atoms. The van der Waals surface area contributed by atoms with Crippen molar-refractivity contribution in [2.75, 3.05) is 13.2 Å². The van der Waals surface area contributed by atoms with Crippen LogP contribution in [0.5, 0.6) is 0 Å². The molecule has 1 N–H and O–H groups in total. The van der Waals surface area contributed by atoms with Gasteiger partial charge in [-0.25, -0.2) is 0 Å². The van der Waals surface area contributed by atoms with Crippen LogP contribution in [0.25, 0.3) is 0 Å². The molecule has 0 unspecified atom stereocenters. The fourth-order valence-corrected chi connectivity index (χ4v) is 0.972. The molecule has 0 radical (unpaired) electrons. The second-order valence-electron chi connectivity index (χ2n) is 2.16. The van der Waals surface area contributed by atoms with Crippen molar-refractivity contribution in [3.05, 3.63) is 0 Å². The van der Waals surface area contributed by atoms with Crippen LogP contribution in [0.15, 0.2) is 0 Å². The number of imide groups is 1. The average molecular weight is 203 g/mol. The number of carbonyl (C=O) groups excluding carboxylic acids is 2. The monoisotopic (exact) mass is 203 g/mol. The molecular formula is C10H21NO3. The summed E-state index contributed by atoms with van der Waals surface area (Å²) in [5.74, 6) is -0.335. The molecule has 0 spiro atoms. The molecule has 0 aromatic carbocycles. The number of aliphatic hydroxyl groups is 1. The molecule has 0 bridgehead atoms. The lowest BCUT2D eigenvalue weighted by Gasteiger charge is -2.10. The predicted molar refractivity (Wildman–Crippen MR) is 55.7 cm³/mol. The van der Waals surface area contributed by atoms with E-state index in [2.05, 4.69) is 0 Å². The van der Waals surface area contributed by atoms with E-state index >= 15 is 0 Å². The van der Waals surface area contributed by atoms with Crippen LogP contribution in [-0.4, -0.2) is 35.0 Å². The summed E-state index contributed by atoms with van der Waals surface area (Å²) < 4.78 is 0. The SMILES string of the molecule is CC.CC.O=C1CCC(=O)N1CCO. The van der Waals surface area contributed by atoms with Crippen molar-refractivity contribution in [1.82, 2.24) is 4.90 Å². The molecule has 0 aromatic rings. The van der Waals surface area contributed by atoms with E-state index in [0.717, 1.165) is 4.90 Å². The topological polar surface area (TPSA) is 57.6 Å². The van der Waals surface area contributed by atoms with Crippen LogP contribution < -0.4 is 0 Å². The molecule has 1 aliphatic rings. The Morgan fingerprint density at radius 2 is 1.43 bits per heavy atom. The molecule has 4 heteroatoms. The van der Waals surface area contributed by atoms with Gasteiger partial charge in [-0.1, -0.05) is 27.7 Å². The van der Waals surface area contributed by atoms with Gasteiger partial charge in [0.15, 0.2) is 0 Å². The van der Waals surface area contributed by atoms with Gasteiger partial charge in [-0.15, -0.1) is 0 Å². The van der Waals surface area contributed by atoms with Crippen molar-refractivity contribution in [2.45, 2.75) is 40.5 Å². The van der Waals surface area contributed by atoms with Crippen molar-refractivity contribution in [2.24, 2.45) is 0 Å². The highest BCUT2D eigenvalue weighted by molar-refractivity contribution is 6.01. The summed E-state index contributed by atoms with van der Waals surface area (Å²) in [5, 5.41) is 8.42. The first-order chi connectivity index (χ1) is 6.75. The summed E-state index contributed by atoms with van der Waals surface area (Å²) in [4.78, 5) is 22.6. The predicted octanol–water partition coefficient (Wildman–Crippen LogP) is 1.18. The number of nitrogens with zero attached hydrogens (tertiary/aromatic N) is 1. The molecular weight excluding hydrogens is 182 g/mol. The van der Waals surface area contributed by atoms with E-state index in [-0.39, 0.29) is 25.0 Å². The summed E-state index contributed by atoms with van der Waals surface area (Å²) >= 11 is 0. The van der Waals surface area contributed by atoms with Gasteiger partial charge in [-0.2, -0.15) is 0 Å². The lowest BCUT2D eigenvalue weighted by Crippen LogP contribution is -2.31. The molecule has 2 amide bonds. The van der Waals surface area contributed by atoms with Crippen molar-refractivity contribution in [3.63, 3.8) is 0 Å². The molecule has 1 rings (SSSR count). The van der Waals surface area contributed by atoms with E-state index in [9.17, 15) is 9.59 Å². The van der Waals surface area contributed by atoms with Crippen LogP contribution in [0.2, 0.25) is 0 Å². The maximum absolute atomic E-state index is 10.8. The zero-order valence-corrected chi connectivity index (χ0v) is 9.54. The zero-order valence-electron chi connectivity index (χ0n) is 9.54. The van der Waals surface area contributed by atoms with Crippen LogP contribution >= 0.6 is 0 Å². The molecule has 1 saturated heterocycles. The van der Waals surface area contributed by atoms with E-state index in [1.165, 1.54) is 0 Å². The van der Waals surface area contributed by atoms with Crippen LogP contribution in [0.3, 0.4) is 0 Å². The van der Waals surface area contributed by atoms with Gasteiger partial charge in [-0.05, 0) is 0 Å². The first-order valence-corrected chi connectivity index (χ1v) is 5.20. The molecule has 4 nitrogen and oxygen atoms in total. The highest BCUT2D eigenvalue weighted by Gasteiger charge is 2.27. The van der Waals surface area contributed by atoms with Crippen LogP contribution in [0, 0.1) is 0 Å². The van der Waals surface area contributed by atoms with Crippen LogP contribution in [0.4, 0.5) is 0 Å². The normalized spacial score (nSPS) is 14.2. The Morgan fingerprint density at radius 3 is 1.71 bits per heavy atom. The lowest BCUT2D eigenvalue weighted by atomic mass is 10.4. The maximum atomic E-state index is 10.8. The van der Waals surface area contributed by atoms with Crippen molar-refractivity contribution >= 4 is 11.8 Å². The quantitative estimate of drug-likeness (QED) is 0.686. The van der Waals surface area contributed by atoms with Gasteiger partial charge in [0, 0.05) is 12.8 Å². The van der Waals surface area contributed by atoms with Gasteiger partial charge in [0.2, 0.25) is 11.8 Å². The van der Waals surface area contributed by atoms with Crippen molar-refractivity contribution in [3.8, 4) is 0 Å². The first kappa shape index (κ1) is 15.6. The third-order valence-electron chi connectivity index (χ3n) is 1.48. The Morgan fingerprint density at radius 1 is 1.07 bits per heavy atom. The van der Waals surface area contributed by atoms with E-state index in [0.29, 0.717) is 12.8 Å². The summed E-state index contributed by atoms with van der Waals surface area (Å²) in [6.07, 6.45) is 0.609. The molecule has 84 valence electrons. The summed E-state index contributed by atoms with van der Waals surface area (Å²) in [7, 11) is 0. The number of β-amino-alcohol motifs (C(OH)–C–C–N with tert-alkyl or cyclic N) is 1. The minimum Gasteiger partial charge on any atom is -0.395 e. The number of carbonyl (C=O) groups is 2. The number of likely N-dealkylation sites (tertiary alicyclic amines) is 1. The zero-order chi connectivity index (χ0) is 11.6. The van der Waals surface area contributed by atoms with Gasteiger partial charge >= 0.3 is 0 Å². The van der Waals surface area contributed by atoms with Gasteiger partial charge < -0.3 is 5.11 Å². The highest BCUT2D eigenvalue weighted by Crippen LogP contribution is 2.09. The fraction of sp³-hybridized carbons (Fsp3) is 0.800. The standard InChI is InChI=1S/C6H9NO3.2C2H6/c8-4-3-7-5(9)1-2-6(7)10;2*1-2/h8H,1-4H2;2*1-2H3. The van der Waals surface area contributed by atoms with E-state index in [1.54, 1.807) is 0 Å². The van der Waals surface area contributed by atoms with E-state index < -0.39 is 0 Å². The minimum atomic E-state index is -0.168. The first-order valence-electron chi connectivity index (χ1n) is 5.20. The number of aliphatic hydroxyl groups excluding tert-OH is 1. The summed E-state index contributed by atoms with van der Waals surface area (Å²) in [6, 6.07) is 0. The Hall–Kier alpha value is -0.900. The molecule has 0 saturated carbocycles. The number of amides is 2. The Labute approximate surface area is 85.9 Å². The van der Waals surface area contributed by atoms with Crippen molar-refractivity contribution < 1.29 is 14.7 Å².